The summed E-state index contributed by atoms with van der Waals surface area (Å²) in [5.74, 6) is -0.175. The lowest BCUT2D eigenvalue weighted by molar-refractivity contribution is -0.302. The van der Waals surface area contributed by atoms with Crippen LogP contribution >= 0.6 is 0 Å². The maximum Gasteiger partial charge on any atom is 0.220 e. The summed E-state index contributed by atoms with van der Waals surface area (Å²) in [6.07, 6.45) is 54.3. The first-order valence-electron chi connectivity index (χ1n) is 29.1. The third-order valence-electron chi connectivity index (χ3n) is 14.0. The average molecular weight is 951 g/mol. The lowest BCUT2D eigenvalue weighted by atomic mass is 9.99. The summed E-state index contributed by atoms with van der Waals surface area (Å²) >= 11 is 0. The van der Waals surface area contributed by atoms with E-state index in [1.54, 1.807) is 6.08 Å². The van der Waals surface area contributed by atoms with Gasteiger partial charge in [0.1, 0.15) is 24.4 Å². The van der Waals surface area contributed by atoms with Gasteiger partial charge in [-0.1, -0.05) is 256 Å². The number of nitrogens with one attached hydrogen (secondary N) is 1. The number of aliphatic hydroxyl groups excluding tert-OH is 5. The van der Waals surface area contributed by atoms with E-state index >= 15 is 0 Å². The number of carbonyl (C=O) groups excluding carboxylic acids is 1. The van der Waals surface area contributed by atoms with Gasteiger partial charge >= 0.3 is 0 Å². The Morgan fingerprint density at radius 3 is 1.21 bits per heavy atom. The molecule has 0 saturated carbocycles. The summed E-state index contributed by atoms with van der Waals surface area (Å²) in [5.41, 5.74) is 0. The number of unbranched alkanes of at least 4 members (excludes halogenated alkanes) is 38. The number of carbonyl (C=O) groups is 1. The molecular weight excluding hydrogens is 839 g/mol. The van der Waals surface area contributed by atoms with Crippen molar-refractivity contribution in [2.75, 3.05) is 13.2 Å². The fourth-order valence-electron chi connectivity index (χ4n) is 9.39. The molecular formula is C58H111NO8. The molecule has 1 saturated heterocycles. The first kappa shape index (κ1) is 63.7. The van der Waals surface area contributed by atoms with Gasteiger partial charge in [-0.15, -0.1) is 0 Å². The van der Waals surface area contributed by atoms with Gasteiger partial charge in [0, 0.05) is 6.42 Å². The van der Waals surface area contributed by atoms with Crippen molar-refractivity contribution in [1.82, 2.24) is 5.32 Å². The number of allylic oxidation sites excluding steroid dienone is 3. The van der Waals surface area contributed by atoms with Crippen LogP contribution in [0.4, 0.5) is 0 Å². The van der Waals surface area contributed by atoms with E-state index in [4.69, 9.17) is 9.47 Å². The standard InChI is InChI=1S/C58H111NO8/c1-3-5-7-9-11-13-14-15-16-17-18-19-20-21-22-23-24-25-26-27-28-29-30-31-32-33-34-35-36-37-38-40-42-44-46-48-54(62)59-51(52(61)47-45-43-41-39-12-10-8-6-4-2)50-66-58-57(65)56(64)55(63)53(49-60)67-58/h23-24,45,47,51-53,55-58,60-61,63-65H,3-22,25-44,46,48-50H2,1-2H3,(H,59,62)/b24-23-,47-45+. The van der Waals surface area contributed by atoms with E-state index in [0.29, 0.717) is 6.42 Å². The Morgan fingerprint density at radius 2 is 0.836 bits per heavy atom. The molecule has 0 aromatic carbocycles. The van der Waals surface area contributed by atoms with Crippen LogP contribution in [0.15, 0.2) is 24.3 Å². The van der Waals surface area contributed by atoms with Crippen molar-refractivity contribution < 1.29 is 39.8 Å². The molecule has 1 heterocycles. The molecule has 1 rings (SSSR count). The van der Waals surface area contributed by atoms with E-state index in [1.807, 2.05) is 6.08 Å². The van der Waals surface area contributed by atoms with E-state index in [-0.39, 0.29) is 12.5 Å². The van der Waals surface area contributed by atoms with Crippen LogP contribution in [0.5, 0.6) is 0 Å². The number of rotatable bonds is 50. The molecule has 0 radical (unpaired) electrons. The minimum absolute atomic E-state index is 0.175. The maximum atomic E-state index is 13.0. The Morgan fingerprint density at radius 1 is 0.493 bits per heavy atom. The van der Waals surface area contributed by atoms with Gasteiger partial charge in [0.25, 0.3) is 0 Å². The average Bonchev–Trinajstić information content (AvgIpc) is 3.33. The topological polar surface area (TPSA) is 149 Å². The summed E-state index contributed by atoms with van der Waals surface area (Å²) in [7, 11) is 0. The molecule has 0 aliphatic carbocycles. The molecule has 6 N–H and O–H groups in total. The second-order valence-electron chi connectivity index (χ2n) is 20.4. The molecule has 1 aliphatic rings. The van der Waals surface area contributed by atoms with Crippen LogP contribution in [-0.4, -0.2) is 87.5 Å². The van der Waals surface area contributed by atoms with Crippen molar-refractivity contribution in [2.45, 2.75) is 326 Å². The predicted octanol–water partition coefficient (Wildman–Crippen LogP) is 14.2. The Balaban J connectivity index is 2.03. The fraction of sp³-hybridized carbons (Fsp3) is 0.914. The Hall–Kier alpha value is -1.33. The van der Waals surface area contributed by atoms with Crippen molar-refractivity contribution in [3.05, 3.63) is 24.3 Å². The maximum absolute atomic E-state index is 13.0. The highest BCUT2D eigenvalue weighted by Crippen LogP contribution is 2.23. The molecule has 9 nitrogen and oxygen atoms in total. The third-order valence-corrected chi connectivity index (χ3v) is 14.0. The van der Waals surface area contributed by atoms with Crippen LogP contribution in [-0.2, 0) is 14.3 Å². The van der Waals surface area contributed by atoms with Gasteiger partial charge in [-0.25, -0.2) is 0 Å². The van der Waals surface area contributed by atoms with Crippen LogP contribution in [0.2, 0.25) is 0 Å². The van der Waals surface area contributed by atoms with E-state index < -0.39 is 49.5 Å². The largest absolute Gasteiger partial charge is 0.394 e. The highest BCUT2D eigenvalue weighted by atomic mass is 16.7. The summed E-state index contributed by atoms with van der Waals surface area (Å²) in [4.78, 5) is 13.0. The van der Waals surface area contributed by atoms with E-state index in [2.05, 4.69) is 31.3 Å². The predicted molar refractivity (Wildman–Crippen MR) is 281 cm³/mol. The second-order valence-corrected chi connectivity index (χ2v) is 20.4. The zero-order valence-corrected chi connectivity index (χ0v) is 43.9. The molecule has 7 unspecified atom stereocenters. The van der Waals surface area contributed by atoms with Gasteiger partial charge in [0.15, 0.2) is 6.29 Å². The molecule has 0 bridgehead atoms. The smallest absolute Gasteiger partial charge is 0.220 e. The first-order valence-corrected chi connectivity index (χ1v) is 29.1. The summed E-state index contributed by atoms with van der Waals surface area (Å²) in [6, 6.07) is -0.800. The molecule has 67 heavy (non-hydrogen) atoms. The van der Waals surface area contributed by atoms with Gasteiger partial charge in [-0.2, -0.15) is 0 Å². The molecule has 0 aromatic rings. The van der Waals surface area contributed by atoms with Crippen LogP contribution in [0.3, 0.4) is 0 Å². The zero-order valence-electron chi connectivity index (χ0n) is 43.9. The third kappa shape index (κ3) is 38.1. The van der Waals surface area contributed by atoms with Gasteiger partial charge in [0.2, 0.25) is 5.91 Å². The van der Waals surface area contributed by atoms with E-state index in [0.717, 1.165) is 38.5 Å². The number of ether oxygens (including phenoxy) is 2. The molecule has 7 atom stereocenters. The number of hydrogen-bond donors (Lipinski definition) is 6. The van der Waals surface area contributed by atoms with Gasteiger partial charge in [-0.05, 0) is 44.9 Å². The van der Waals surface area contributed by atoms with Crippen molar-refractivity contribution in [2.24, 2.45) is 0 Å². The lowest BCUT2D eigenvalue weighted by Gasteiger charge is -2.40. The minimum atomic E-state index is -1.56. The van der Waals surface area contributed by atoms with Crippen LogP contribution in [0, 0.1) is 0 Å². The van der Waals surface area contributed by atoms with Crippen molar-refractivity contribution in [3.8, 4) is 0 Å². The molecule has 0 spiro atoms. The first-order chi connectivity index (χ1) is 32.8. The molecule has 9 heteroatoms. The van der Waals surface area contributed by atoms with Gasteiger partial charge in [-0.3, -0.25) is 4.79 Å². The summed E-state index contributed by atoms with van der Waals surface area (Å²) < 4.78 is 11.2. The van der Waals surface area contributed by atoms with Gasteiger partial charge < -0.3 is 40.3 Å². The molecule has 1 amide bonds. The zero-order chi connectivity index (χ0) is 48.7. The Bertz CT molecular complexity index is 1100. The molecule has 0 aromatic heterocycles. The fourth-order valence-corrected chi connectivity index (χ4v) is 9.39. The van der Waals surface area contributed by atoms with Crippen LogP contribution < -0.4 is 5.32 Å². The van der Waals surface area contributed by atoms with Crippen molar-refractivity contribution in [3.63, 3.8) is 0 Å². The molecule has 396 valence electrons. The molecule has 1 fully saturated rings. The monoisotopic (exact) mass is 950 g/mol. The van der Waals surface area contributed by atoms with E-state index in [9.17, 15) is 30.3 Å². The quantitative estimate of drug-likeness (QED) is 0.0261. The SMILES string of the molecule is CCCCCCCCC/C=C/C(O)C(COC1OC(CO)C(O)C(O)C1O)NC(=O)CCCCCCCCCCCCCCCCCCC/C=C\CCCCCCCCCCCCCCCC. The normalized spacial score (nSPS) is 19.8. The highest BCUT2D eigenvalue weighted by molar-refractivity contribution is 5.76. The highest BCUT2D eigenvalue weighted by Gasteiger charge is 2.44. The lowest BCUT2D eigenvalue weighted by Crippen LogP contribution is -2.60. The number of hydrogen-bond acceptors (Lipinski definition) is 8. The Labute approximate surface area is 413 Å². The van der Waals surface area contributed by atoms with Crippen molar-refractivity contribution in [1.29, 1.82) is 0 Å². The van der Waals surface area contributed by atoms with Gasteiger partial charge in [0.05, 0.1) is 25.4 Å². The number of amides is 1. The second kappa shape index (κ2) is 48.3. The Kier molecular flexibility index (Phi) is 45.9. The summed E-state index contributed by atoms with van der Waals surface area (Å²) in [5, 5.41) is 54.2. The summed E-state index contributed by atoms with van der Waals surface area (Å²) in [6.45, 7) is 3.76. The van der Waals surface area contributed by atoms with Crippen LogP contribution in [0.25, 0.3) is 0 Å². The number of aliphatic hydroxyl groups is 5. The molecule has 1 aliphatic heterocycles. The van der Waals surface area contributed by atoms with Crippen molar-refractivity contribution >= 4 is 5.91 Å². The minimum Gasteiger partial charge on any atom is -0.394 e. The van der Waals surface area contributed by atoms with E-state index in [1.165, 1.54) is 225 Å². The van der Waals surface area contributed by atoms with Crippen LogP contribution in [0.1, 0.15) is 284 Å².